The molecule has 0 saturated carbocycles. The largest absolute Gasteiger partial charge is 0.489 e. The lowest BCUT2D eigenvalue weighted by atomic mass is 10.1. The molecule has 6 heteroatoms. The van der Waals surface area contributed by atoms with Crippen LogP contribution < -0.4 is 15.4 Å². The number of ether oxygens (including phenoxy) is 1. The van der Waals surface area contributed by atoms with Gasteiger partial charge in [0.2, 0.25) is 0 Å². The molecule has 0 unspecified atom stereocenters. The highest BCUT2D eigenvalue weighted by Gasteiger charge is 2.12. The molecular formula is C22H19ClN2O3. The molecule has 5 nitrogen and oxygen atoms in total. The topological polar surface area (TPSA) is 67.4 Å². The number of aryl methyl sites for hydroxylation is 1. The second kappa shape index (κ2) is 9.06. The van der Waals surface area contributed by atoms with Crippen molar-refractivity contribution in [3.63, 3.8) is 0 Å². The van der Waals surface area contributed by atoms with Gasteiger partial charge < -0.3 is 10.1 Å². The van der Waals surface area contributed by atoms with Crippen LogP contribution in [0, 0.1) is 6.92 Å². The first-order chi connectivity index (χ1) is 13.5. The van der Waals surface area contributed by atoms with Crippen LogP contribution in [0.25, 0.3) is 0 Å². The van der Waals surface area contributed by atoms with Gasteiger partial charge in [-0.15, -0.1) is 0 Å². The molecule has 0 spiro atoms. The number of anilines is 1. The Morgan fingerprint density at radius 2 is 1.61 bits per heavy atom. The highest BCUT2D eigenvalue weighted by Crippen LogP contribution is 2.17. The lowest BCUT2D eigenvalue weighted by Gasteiger charge is -2.10. The van der Waals surface area contributed by atoms with Crippen molar-refractivity contribution in [2.45, 2.75) is 13.5 Å². The van der Waals surface area contributed by atoms with E-state index in [-0.39, 0.29) is 0 Å². The quantitative estimate of drug-likeness (QED) is 0.625. The monoisotopic (exact) mass is 394 g/mol. The van der Waals surface area contributed by atoms with Crippen molar-refractivity contribution in [3.05, 3.63) is 94.5 Å². The second-order valence-corrected chi connectivity index (χ2v) is 6.60. The minimum Gasteiger partial charge on any atom is -0.489 e. The van der Waals surface area contributed by atoms with Crippen LogP contribution >= 0.6 is 11.6 Å². The fraction of sp³-hybridized carbons (Fsp3) is 0.0909. The number of rotatable bonds is 5. The second-order valence-electron chi connectivity index (χ2n) is 6.16. The highest BCUT2D eigenvalue weighted by atomic mass is 35.5. The van der Waals surface area contributed by atoms with E-state index in [2.05, 4.69) is 10.6 Å². The number of hydrogen-bond acceptors (Lipinski definition) is 3. The predicted molar refractivity (Wildman–Crippen MR) is 110 cm³/mol. The summed E-state index contributed by atoms with van der Waals surface area (Å²) in [6.07, 6.45) is 0. The van der Waals surface area contributed by atoms with E-state index in [1.54, 1.807) is 48.5 Å². The molecule has 3 aromatic rings. The van der Waals surface area contributed by atoms with Crippen molar-refractivity contribution in [1.29, 1.82) is 0 Å². The zero-order valence-electron chi connectivity index (χ0n) is 15.2. The van der Waals surface area contributed by atoms with Crippen LogP contribution in [0.5, 0.6) is 5.75 Å². The SMILES string of the molecule is Cc1ccccc1C(=O)NC(=O)Nc1ccc(COc2ccc(Cl)cc2)cc1. The van der Waals surface area contributed by atoms with Gasteiger partial charge in [0.15, 0.2) is 0 Å². The zero-order chi connectivity index (χ0) is 19.9. The number of hydrogen-bond donors (Lipinski definition) is 2. The summed E-state index contributed by atoms with van der Waals surface area (Å²) in [5.74, 6) is 0.282. The van der Waals surface area contributed by atoms with E-state index in [1.165, 1.54) is 0 Å². The third kappa shape index (κ3) is 5.34. The lowest BCUT2D eigenvalue weighted by molar-refractivity contribution is 0.0966. The normalized spacial score (nSPS) is 10.2. The van der Waals surface area contributed by atoms with Crippen molar-refractivity contribution in [2.75, 3.05) is 5.32 Å². The molecule has 0 aliphatic carbocycles. The standard InChI is InChI=1S/C22H19ClN2O3/c1-15-4-2-3-5-20(15)21(26)25-22(27)24-18-10-6-16(7-11-18)14-28-19-12-8-17(23)9-13-19/h2-13H,14H2,1H3,(H2,24,25,26,27). The van der Waals surface area contributed by atoms with Crippen molar-refractivity contribution in [1.82, 2.24) is 5.32 Å². The average molecular weight is 395 g/mol. The molecule has 2 N–H and O–H groups in total. The van der Waals surface area contributed by atoms with Gasteiger partial charge in [-0.05, 0) is 60.5 Å². The smallest absolute Gasteiger partial charge is 0.326 e. The van der Waals surface area contributed by atoms with E-state index in [4.69, 9.17) is 16.3 Å². The number of carbonyl (C=O) groups excluding carboxylic acids is 2. The maximum absolute atomic E-state index is 12.2. The van der Waals surface area contributed by atoms with Crippen molar-refractivity contribution in [3.8, 4) is 5.75 Å². The summed E-state index contributed by atoms with van der Waals surface area (Å²) in [5.41, 5.74) is 2.78. The molecule has 0 atom stereocenters. The Labute approximate surface area is 168 Å². The predicted octanol–water partition coefficient (Wildman–Crippen LogP) is 5.19. The van der Waals surface area contributed by atoms with Gasteiger partial charge in [0.25, 0.3) is 5.91 Å². The Balaban J connectivity index is 1.52. The van der Waals surface area contributed by atoms with Gasteiger partial charge in [-0.3, -0.25) is 10.1 Å². The van der Waals surface area contributed by atoms with E-state index in [9.17, 15) is 9.59 Å². The third-order valence-corrected chi connectivity index (χ3v) is 4.30. The molecule has 0 radical (unpaired) electrons. The third-order valence-electron chi connectivity index (χ3n) is 4.05. The van der Waals surface area contributed by atoms with Gasteiger partial charge in [0.05, 0.1) is 0 Å². The molecule has 0 heterocycles. The molecule has 0 fully saturated rings. The lowest BCUT2D eigenvalue weighted by Crippen LogP contribution is -2.34. The molecule has 0 aliphatic heterocycles. The summed E-state index contributed by atoms with van der Waals surface area (Å²) < 4.78 is 5.68. The summed E-state index contributed by atoms with van der Waals surface area (Å²) in [5, 5.41) is 5.62. The molecule has 0 bridgehead atoms. The van der Waals surface area contributed by atoms with Crippen molar-refractivity contribution >= 4 is 29.2 Å². The van der Waals surface area contributed by atoms with Crippen molar-refractivity contribution < 1.29 is 14.3 Å². The highest BCUT2D eigenvalue weighted by molar-refractivity contribution is 6.30. The number of urea groups is 1. The van der Waals surface area contributed by atoms with Crippen LogP contribution in [0.3, 0.4) is 0 Å². The Hall–Kier alpha value is -3.31. The van der Waals surface area contributed by atoms with Gasteiger partial charge in [-0.25, -0.2) is 4.79 Å². The number of amides is 3. The van der Waals surface area contributed by atoms with E-state index in [1.807, 2.05) is 31.2 Å². The minimum atomic E-state index is -0.585. The van der Waals surface area contributed by atoms with Crippen LogP contribution in [0.4, 0.5) is 10.5 Å². The minimum absolute atomic E-state index is 0.389. The zero-order valence-corrected chi connectivity index (χ0v) is 16.0. The Morgan fingerprint density at radius 1 is 0.929 bits per heavy atom. The van der Waals surface area contributed by atoms with E-state index in [0.29, 0.717) is 22.9 Å². The van der Waals surface area contributed by atoms with E-state index in [0.717, 1.165) is 16.9 Å². The summed E-state index contributed by atoms with van der Waals surface area (Å²) in [4.78, 5) is 24.2. The summed E-state index contributed by atoms with van der Waals surface area (Å²) >= 11 is 5.85. The Morgan fingerprint density at radius 3 is 2.29 bits per heavy atom. The summed E-state index contributed by atoms with van der Waals surface area (Å²) in [6.45, 7) is 2.21. The summed E-state index contributed by atoms with van der Waals surface area (Å²) in [7, 11) is 0. The number of carbonyl (C=O) groups is 2. The first-order valence-corrected chi connectivity index (χ1v) is 9.04. The van der Waals surface area contributed by atoms with Gasteiger partial charge >= 0.3 is 6.03 Å². The van der Waals surface area contributed by atoms with Gasteiger partial charge in [0.1, 0.15) is 12.4 Å². The molecule has 0 saturated heterocycles. The molecule has 0 aromatic heterocycles. The fourth-order valence-electron chi connectivity index (χ4n) is 2.54. The summed E-state index contributed by atoms with van der Waals surface area (Å²) in [6, 6.07) is 20.8. The number of halogens is 1. The van der Waals surface area contributed by atoms with Gasteiger partial charge in [0, 0.05) is 16.3 Å². The molecule has 28 heavy (non-hydrogen) atoms. The number of benzene rings is 3. The number of imide groups is 1. The van der Waals surface area contributed by atoms with Crippen LogP contribution in [-0.4, -0.2) is 11.9 Å². The molecule has 3 amide bonds. The van der Waals surface area contributed by atoms with Crippen LogP contribution in [0.15, 0.2) is 72.8 Å². The van der Waals surface area contributed by atoms with Gasteiger partial charge in [-0.1, -0.05) is 41.9 Å². The number of nitrogens with one attached hydrogen (secondary N) is 2. The van der Waals surface area contributed by atoms with Crippen molar-refractivity contribution in [2.24, 2.45) is 0 Å². The Bertz CT molecular complexity index is 970. The van der Waals surface area contributed by atoms with E-state index < -0.39 is 11.9 Å². The van der Waals surface area contributed by atoms with Crippen LogP contribution in [0.1, 0.15) is 21.5 Å². The molecule has 3 aromatic carbocycles. The maximum atomic E-state index is 12.2. The van der Waals surface area contributed by atoms with Gasteiger partial charge in [-0.2, -0.15) is 0 Å². The van der Waals surface area contributed by atoms with E-state index >= 15 is 0 Å². The molecule has 3 rings (SSSR count). The first-order valence-electron chi connectivity index (χ1n) is 8.66. The molecular weight excluding hydrogens is 376 g/mol. The average Bonchev–Trinajstić information content (AvgIpc) is 2.69. The molecule has 0 aliphatic rings. The van der Waals surface area contributed by atoms with Crippen LogP contribution in [-0.2, 0) is 6.61 Å². The molecule has 142 valence electrons. The fourth-order valence-corrected chi connectivity index (χ4v) is 2.67. The Kier molecular flexibility index (Phi) is 6.29. The van der Waals surface area contributed by atoms with Crippen LogP contribution in [0.2, 0.25) is 5.02 Å². The first kappa shape index (κ1) is 19.5. The maximum Gasteiger partial charge on any atom is 0.326 e.